The topological polar surface area (TPSA) is 78.5 Å². The predicted octanol–water partition coefficient (Wildman–Crippen LogP) is 2.71. The molecule has 0 aromatic heterocycles. The van der Waals surface area contributed by atoms with Crippen LogP contribution in [0.4, 0.5) is 4.79 Å². The van der Waals surface area contributed by atoms with Gasteiger partial charge in [0.05, 0.1) is 0 Å². The van der Waals surface area contributed by atoms with Gasteiger partial charge in [-0.25, -0.2) is 4.79 Å². The molecule has 4 bridgehead atoms. The summed E-state index contributed by atoms with van der Waals surface area (Å²) in [6, 6.07) is 7.61. The molecule has 7 rings (SSSR count). The highest BCUT2D eigenvalue weighted by atomic mass is 16.2. The number of carbonyl (C=O) groups is 3. The van der Waals surface area contributed by atoms with Gasteiger partial charge < -0.3 is 10.6 Å². The van der Waals surface area contributed by atoms with Crippen molar-refractivity contribution in [1.29, 1.82) is 0 Å². The monoisotopic (exact) mass is 407 g/mol. The van der Waals surface area contributed by atoms with Crippen molar-refractivity contribution in [3.8, 4) is 0 Å². The van der Waals surface area contributed by atoms with Crippen LogP contribution in [-0.2, 0) is 21.5 Å². The number of urea groups is 1. The van der Waals surface area contributed by atoms with E-state index in [0.717, 1.165) is 40.7 Å². The molecule has 1 heterocycles. The zero-order valence-corrected chi connectivity index (χ0v) is 17.2. The zero-order valence-electron chi connectivity index (χ0n) is 17.2. The minimum absolute atomic E-state index is 0.183. The average molecular weight is 408 g/mol. The van der Waals surface area contributed by atoms with Crippen LogP contribution in [0.15, 0.2) is 24.3 Å². The van der Waals surface area contributed by atoms with Crippen LogP contribution < -0.4 is 10.6 Å². The van der Waals surface area contributed by atoms with Crippen molar-refractivity contribution in [3.05, 3.63) is 35.4 Å². The van der Waals surface area contributed by atoms with Gasteiger partial charge >= 0.3 is 6.03 Å². The van der Waals surface area contributed by atoms with E-state index in [-0.39, 0.29) is 24.4 Å². The highest BCUT2D eigenvalue weighted by molar-refractivity contribution is 6.09. The molecule has 1 unspecified atom stereocenters. The Hall–Kier alpha value is -2.37. The van der Waals surface area contributed by atoms with E-state index in [2.05, 4.69) is 10.6 Å². The summed E-state index contributed by atoms with van der Waals surface area (Å²) in [7, 11) is 0. The third-order valence-electron chi connectivity index (χ3n) is 8.51. The van der Waals surface area contributed by atoms with Crippen LogP contribution in [0.2, 0.25) is 0 Å². The van der Waals surface area contributed by atoms with E-state index in [1.807, 2.05) is 24.3 Å². The highest BCUT2D eigenvalue weighted by Crippen LogP contribution is 2.53. The van der Waals surface area contributed by atoms with E-state index >= 15 is 0 Å². The molecule has 30 heavy (non-hydrogen) atoms. The number of imide groups is 1. The molecule has 158 valence electrons. The second-order valence-electron chi connectivity index (χ2n) is 10.3. The van der Waals surface area contributed by atoms with Crippen molar-refractivity contribution in [2.75, 3.05) is 6.54 Å². The van der Waals surface area contributed by atoms with Crippen LogP contribution in [-0.4, -0.2) is 35.3 Å². The van der Waals surface area contributed by atoms with Gasteiger partial charge in [0, 0.05) is 6.04 Å². The third kappa shape index (κ3) is 2.65. The van der Waals surface area contributed by atoms with Crippen LogP contribution in [0.3, 0.4) is 0 Å². The van der Waals surface area contributed by atoms with Gasteiger partial charge in [0.1, 0.15) is 12.1 Å². The number of nitrogens with zero attached hydrogens (tertiary/aromatic N) is 1. The number of benzene rings is 1. The first kappa shape index (κ1) is 18.4. The summed E-state index contributed by atoms with van der Waals surface area (Å²) in [5.74, 6) is 2.36. The van der Waals surface area contributed by atoms with Gasteiger partial charge in [0.2, 0.25) is 5.91 Å². The van der Waals surface area contributed by atoms with E-state index in [1.165, 1.54) is 32.1 Å². The van der Waals surface area contributed by atoms with Gasteiger partial charge in [-0.05, 0) is 86.2 Å². The number of hydrogen-bond donors (Lipinski definition) is 2. The van der Waals surface area contributed by atoms with Gasteiger partial charge in [0.25, 0.3) is 5.91 Å². The molecule has 4 amide bonds. The maximum Gasteiger partial charge on any atom is 0.325 e. The summed E-state index contributed by atoms with van der Waals surface area (Å²) in [6.07, 6.45) is 8.61. The molecule has 6 heteroatoms. The lowest BCUT2D eigenvalue weighted by Gasteiger charge is -2.54. The normalized spacial score (nSPS) is 38.7. The van der Waals surface area contributed by atoms with Gasteiger partial charge in [-0.1, -0.05) is 24.3 Å². The number of rotatable bonds is 3. The van der Waals surface area contributed by atoms with Crippen LogP contribution in [0.25, 0.3) is 0 Å². The third-order valence-corrected chi connectivity index (χ3v) is 8.51. The number of aryl methyl sites for hydroxylation is 1. The molecular formula is C24H29N3O3. The highest BCUT2D eigenvalue weighted by Gasteiger charge is 2.54. The summed E-state index contributed by atoms with van der Waals surface area (Å²) in [4.78, 5) is 40.2. The Morgan fingerprint density at radius 1 is 1.07 bits per heavy atom. The predicted molar refractivity (Wildman–Crippen MR) is 110 cm³/mol. The van der Waals surface area contributed by atoms with Gasteiger partial charge in [-0.15, -0.1) is 0 Å². The van der Waals surface area contributed by atoms with Crippen molar-refractivity contribution >= 4 is 17.8 Å². The fourth-order valence-corrected chi connectivity index (χ4v) is 7.49. The Bertz CT molecular complexity index is 900. The zero-order chi connectivity index (χ0) is 20.5. The molecule has 6 aliphatic rings. The molecule has 1 aromatic carbocycles. The van der Waals surface area contributed by atoms with Crippen molar-refractivity contribution in [1.82, 2.24) is 15.5 Å². The second kappa shape index (κ2) is 6.56. The largest absolute Gasteiger partial charge is 0.351 e. The lowest BCUT2D eigenvalue weighted by atomic mass is 9.54. The molecule has 1 saturated heterocycles. The van der Waals surface area contributed by atoms with E-state index < -0.39 is 11.6 Å². The minimum Gasteiger partial charge on any atom is -0.351 e. The quantitative estimate of drug-likeness (QED) is 0.757. The summed E-state index contributed by atoms with van der Waals surface area (Å²) in [6.45, 7) is -0.183. The smallest absolute Gasteiger partial charge is 0.325 e. The minimum atomic E-state index is -1.01. The summed E-state index contributed by atoms with van der Waals surface area (Å²) < 4.78 is 0. The molecule has 5 aliphatic carbocycles. The SMILES string of the molecule is O=C(CN1C(=O)NC2(CCCc3ccccc32)C1=O)NC1C2CC3CC(C2)CC1C3. The lowest BCUT2D eigenvalue weighted by Crippen LogP contribution is -2.57. The van der Waals surface area contributed by atoms with Crippen molar-refractivity contribution < 1.29 is 14.4 Å². The fraction of sp³-hybridized carbons (Fsp3) is 0.625. The van der Waals surface area contributed by atoms with Crippen molar-refractivity contribution in [3.63, 3.8) is 0 Å². The van der Waals surface area contributed by atoms with E-state index in [9.17, 15) is 14.4 Å². The van der Waals surface area contributed by atoms with Crippen LogP contribution >= 0.6 is 0 Å². The van der Waals surface area contributed by atoms with E-state index in [4.69, 9.17) is 0 Å². The van der Waals surface area contributed by atoms with Gasteiger partial charge in [0.15, 0.2) is 0 Å². The maximum atomic E-state index is 13.4. The Morgan fingerprint density at radius 2 is 1.77 bits per heavy atom. The first-order chi connectivity index (χ1) is 14.5. The number of amides is 4. The van der Waals surface area contributed by atoms with E-state index in [0.29, 0.717) is 18.3 Å². The molecule has 1 aliphatic heterocycles. The molecule has 1 atom stereocenters. The second-order valence-corrected chi connectivity index (χ2v) is 10.3. The molecule has 1 spiro atoms. The van der Waals surface area contributed by atoms with Gasteiger partial charge in [-0.2, -0.15) is 0 Å². The van der Waals surface area contributed by atoms with Crippen molar-refractivity contribution in [2.24, 2.45) is 23.7 Å². The number of nitrogens with one attached hydrogen (secondary N) is 2. The number of hydrogen-bond acceptors (Lipinski definition) is 3. The summed E-state index contributed by atoms with van der Waals surface area (Å²) in [5, 5.41) is 6.17. The average Bonchev–Trinajstić information content (AvgIpc) is 2.95. The van der Waals surface area contributed by atoms with Crippen LogP contribution in [0, 0.1) is 23.7 Å². The first-order valence-corrected chi connectivity index (χ1v) is 11.6. The molecule has 1 aromatic rings. The lowest BCUT2D eigenvalue weighted by molar-refractivity contribution is -0.136. The molecule has 6 nitrogen and oxygen atoms in total. The Morgan fingerprint density at radius 3 is 2.50 bits per heavy atom. The standard InChI is InChI=1S/C24H29N3O3/c28-20(25-21-17-9-14-8-15(11-17)12-18(21)10-14)13-27-22(29)24(26-23(27)30)7-3-5-16-4-1-2-6-19(16)24/h1-2,4,6,14-15,17-18,21H,3,5,7-13H2,(H,25,28)(H,26,30). The fourth-order valence-electron chi connectivity index (χ4n) is 7.49. The Labute approximate surface area is 176 Å². The first-order valence-electron chi connectivity index (χ1n) is 11.6. The molecule has 0 radical (unpaired) electrons. The maximum absolute atomic E-state index is 13.4. The molecular weight excluding hydrogens is 378 g/mol. The summed E-state index contributed by atoms with van der Waals surface area (Å²) in [5.41, 5.74) is 0.991. The molecule has 5 fully saturated rings. The van der Waals surface area contributed by atoms with Crippen LogP contribution in [0.5, 0.6) is 0 Å². The van der Waals surface area contributed by atoms with Crippen LogP contribution in [0.1, 0.15) is 56.1 Å². The molecule has 4 saturated carbocycles. The molecule has 2 N–H and O–H groups in total. The summed E-state index contributed by atoms with van der Waals surface area (Å²) >= 11 is 0. The van der Waals surface area contributed by atoms with E-state index in [1.54, 1.807) is 0 Å². The number of carbonyl (C=O) groups excluding carboxylic acids is 3. The van der Waals surface area contributed by atoms with Crippen molar-refractivity contribution in [2.45, 2.75) is 62.9 Å². The Balaban J connectivity index is 1.18. The Kier molecular flexibility index (Phi) is 4.03. The number of fused-ring (bicyclic) bond motifs is 2. The van der Waals surface area contributed by atoms with Gasteiger partial charge in [-0.3, -0.25) is 14.5 Å².